The van der Waals surface area contributed by atoms with Gasteiger partial charge in [-0.05, 0) is 47.5 Å². The van der Waals surface area contributed by atoms with Crippen LogP contribution in [0.3, 0.4) is 0 Å². The Morgan fingerprint density at radius 2 is 2.00 bits per heavy atom. The highest BCUT2D eigenvalue weighted by Crippen LogP contribution is 2.30. The van der Waals surface area contributed by atoms with E-state index in [1.165, 1.54) is 12.1 Å². The maximum atomic E-state index is 13.4. The van der Waals surface area contributed by atoms with Gasteiger partial charge in [0, 0.05) is 10.7 Å². The lowest BCUT2D eigenvalue weighted by molar-refractivity contribution is 0.595. The number of nitrogens with zero attached hydrogens (tertiary/aromatic N) is 1. The number of sulfonamides is 1. The highest BCUT2D eigenvalue weighted by Gasteiger charge is 2.22. The van der Waals surface area contributed by atoms with E-state index in [0.29, 0.717) is 21.4 Å². The van der Waals surface area contributed by atoms with Crippen molar-refractivity contribution in [1.82, 2.24) is 4.98 Å². The summed E-state index contributed by atoms with van der Waals surface area (Å²) in [5, 5.41) is -0.441. The molecule has 112 valence electrons. The van der Waals surface area contributed by atoms with Gasteiger partial charge in [0.15, 0.2) is 0 Å². The molecule has 4 nitrogen and oxygen atoms in total. The fourth-order valence-electron chi connectivity index (χ4n) is 1.74. The predicted octanol–water partition coefficient (Wildman–Crippen LogP) is 4.05. The second-order valence-corrected chi connectivity index (χ2v) is 7.23. The van der Waals surface area contributed by atoms with Crippen LogP contribution >= 0.6 is 27.5 Å². The van der Waals surface area contributed by atoms with E-state index in [9.17, 15) is 12.8 Å². The van der Waals surface area contributed by atoms with E-state index >= 15 is 0 Å². The zero-order chi connectivity index (χ0) is 15.8. The molecule has 0 aliphatic carbocycles. The Bertz CT molecular complexity index is 812. The van der Waals surface area contributed by atoms with Crippen molar-refractivity contribution in [1.29, 1.82) is 0 Å². The Kier molecular flexibility index (Phi) is 4.55. The van der Waals surface area contributed by atoms with Crippen LogP contribution in [0.4, 0.5) is 10.1 Å². The lowest BCUT2D eigenvalue weighted by Crippen LogP contribution is -2.16. The first-order chi connectivity index (χ1) is 9.74. The molecular weight excluding hydrogens is 383 g/mol. The number of rotatable bonds is 3. The van der Waals surface area contributed by atoms with E-state index in [2.05, 4.69) is 25.6 Å². The first-order valence-electron chi connectivity index (χ1n) is 5.82. The van der Waals surface area contributed by atoms with Crippen molar-refractivity contribution in [2.24, 2.45) is 0 Å². The van der Waals surface area contributed by atoms with Gasteiger partial charge in [-0.3, -0.25) is 9.71 Å². The number of benzene rings is 1. The van der Waals surface area contributed by atoms with Gasteiger partial charge in [0.25, 0.3) is 10.0 Å². The third-order valence-corrected chi connectivity index (χ3v) is 5.60. The molecule has 0 spiro atoms. The number of anilines is 1. The molecule has 1 N–H and O–H groups in total. The molecular formula is C13H11BrClFN2O2S. The van der Waals surface area contributed by atoms with Crippen LogP contribution in [0.2, 0.25) is 5.02 Å². The fourth-order valence-corrected chi connectivity index (χ4v) is 3.74. The van der Waals surface area contributed by atoms with Gasteiger partial charge in [0.1, 0.15) is 10.7 Å². The SMILES string of the molecule is Cc1ncc(Br)c(C)c1NS(=O)(=O)c1cccc(F)c1Cl. The van der Waals surface area contributed by atoms with Crippen molar-refractivity contribution in [2.75, 3.05) is 4.72 Å². The molecule has 8 heteroatoms. The summed E-state index contributed by atoms with van der Waals surface area (Å²) in [4.78, 5) is 3.76. The van der Waals surface area contributed by atoms with Crippen LogP contribution in [0.5, 0.6) is 0 Å². The summed E-state index contributed by atoms with van der Waals surface area (Å²) in [7, 11) is -4.01. The monoisotopic (exact) mass is 392 g/mol. The molecule has 0 saturated carbocycles. The van der Waals surface area contributed by atoms with E-state index in [1.54, 1.807) is 20.0 Å². The Labute approximate surface area is 135 Å². The third kappa shape index (κ3) is 3.20. The Balaban J connectivity index is 2.53. The molecule has 0 saturated heterocycles. The summed E-state index contributed by atoms with van der Waals surface area (Å²) in [5.74, 6) is -0.791. The van der Waals surface area contributed by atoms with Crippen LogP contribution in [-0.2, 0) is 10.0 Å². The summed E-state index contributed by atoms with van der Waals surface area (Å²) in [5.41, 5.74) is 1.52. The van der Waals surface area contributed by atoms with Gasteiger partial charge in [0.2, 0.25) is 0 Å². The van der Waals surface area contributed by atoms with E-state index in [0.717, 1.165) is 6.07 Å². The predicted molar refractivity (Wildman–Crippen MR) is 83.6 cm³/mol. The largest absolute Gasteiger partial charge is 0.277 e. The van der Waals surface area contributed by atoms with Crippen molar-refractivity contribution < 1.29 is 12.8 Å². The Morgan fingerprint density at radius 1 is 1.33 bits per heavy atom. The van der Waals surface area contributed by atoms with Gasteiger partial charge >= 0.3 is 0 Å². The van der Waals surface area contributed by atoms with Gasteiger partial charge in [-0.25, -0.2) is 12.8 Å². The number of halogens is 3. The number of nitrogens with one attached hydrogen (secondary N) is 1. The molecule has 1 aromatic carbocycles. The second-order valence-electron chi connectivity index (χ2n) is 4.35. The molecule has 2 aromatic rings. The molecule has 21 heavy (non-hydrogen) atoms. The number of hydrogen-bond donors (Lipinski definition) is 1. The van der Waals surface area contributed by atoms with Crippen molar-refractivity contribution in [3.63, 3.8) is 0 Å². The van der Waals surface area contributed by atoms with E-state index in [4.69, 9.17) is 11.6 Å². The zero-order valence-electron chi connectivity index (χ0n) is 11.1. The normalized spacial score (nSPS) is 11.5. The molecule has 0 amide bonds. The maximum absolute atomic E-state index is 13.4. The van der Waals surface area contributed by atoms with Gasteiger partial charge in [-0.2, -0.15) is 0 Å². The molecule has 1 heterocycles. The molecule has 0 aliphatic rings. The first-order valence-corrected chi connectivity index (χ1v) is 8.48. The number of hydrogen-bond acceptors (Lipinski definition) is 3. The fraction of sp³-hybridized carbons (Fsp3) is 0.154. The number of pyridine rings is 1. The van der Waals surface area contributed by atoms with Crippen LogP contribution in [0, 0.1) is 19.7 Å². The molecule has 0 atom stereocenters. The van der Waals surface area contributed by atoms with Gasteiger partial charge in [-0.1, -0.05) is 17.7 Å². The minimum Gasteiger partial charge on any atom is -0.277 e. The van der Waals surface area contributed by atoms with E-state index in [-0.39, 0.29) is 4.90 Å². The topological polar surface area (TPSA) is 59.1 Å². The third-order valence-electron chi connectivity index (χ3n) is 2.91. The summed E-state index contributed by atoms with van der Waals surface area (Å²) in [6.45, 7) is 3.41. The first kappa shape index (κ1) is 16.2. The van der Waals surface area contributed by atoms with Crippen LogP contribution in [0.25, 0.3) is 0 Å². The zero-order valence-corrected chi connectivity index (χ0v) is 14.3. The second kappa shape index (κ2) is 5.90. The molecule has 0 fully saturated rings. The molecule has 1 aromatic heterocycles. The molecule has 2 rings (SSSR count). The Hall–Kier alpha value is -1.18. The van der Waals surface area contributed by atoms with Crippen LogP contribution in [0.15, 0.2) is 33.8 Å². The summed E-state index contributed by atoms with van der Waals surface area (Å²) in [6, 6.07) is 3.62. The van der Waals surface area contributed by atoms with Gasteiger partial charge in [0.05, 0.1) is 16.4 Å². The Morgan fingerprint density at radius 3 is 2.67 bits per heavy atom. The maximum Gasteiger partial charge on any atom is 0.263 e. The molecule has 0 aliphatic heterocycles. The summed E-state index contributed by atoms with van der Waals surface area (Å²) < 4.78 is 41.3. The number of aryl methyl sites for hydroxylation is 1. The van der Waals surface area contributed by atoms with Crippen LogP contribution in [-0.4, -0.2) is 13.4 Å². The van der Waals surface area contributed by atoms with Crippen molar-refractivity contribution in [2.45, 2.75) is 18.7 Å². The van der Waals surface area contributed by atoms with E-state index in [1.807, 2.05) is 0 Å². The molecule has 0 bridgehead atoms. The smallest absolute Gasteiger partial charge is 0.263 e. The number of aromatic nitrogens is 1. The van der Waals surface area contributed by atoms with Crippen LogP contribution in [0.1, 0.15) is 11.3 Å². The average molecular weight is 394 g/mol. The standard InChI is InChI=1S/C13H11BrClFN2O2S/c1-7-9(14)6-17-8(2)13(7)18-21(19,20)11-5-3-4-10(16)12(11)15/h3-6,18H,1-2H3. The van der Waals surface area contributed by atoms with Gasteiger partial charge < -0.3 is 0 Å². The van der Waals surface area contributed by atoms with Gasteiger partial charge in [-0.15, -0.1) is 0 Å². The minimum absolute atomic E-state index is 0.317. The highest BCUT2D eigenvalue weighted by molar-refractivity contribution is 9.10. The van der Waals surface area contributed by atoms with Crippen molar-refractivity contribution >= 4 is 43.2 Å². The minimum atomic E-state index is -4.01. The molecule has 0 unspecified atom stereocenters. The lowest BCUT2D eigenvalue weighted by Gasteiger charge is -2.14. The molecule has 0 radical (unpaired) electrons. The summed E-state index contributed by atoms with van der Waals surface area (Å²) in [6.07, 6.45) is 1.58. The van der Waals surface area contributed by atoms with Crippen LogP contribution < -0.4 is 4.72 Å². The van der Waals surface area contributed by atoms with Crippen molar-refractivity contribution in [3.05, 3.63) is 51.0 Å². The quantitative estimate of drug-likeness (QED) is 0.855. The summed E-state index contributed by atoms with van der Waals surface area (Å²) >= 11 is 9.02. The highest BCUT2D eigenvalue weighted by atomic mass is 79.9. The van der Waals surface area contributed by atoms with E-state index < -0.39 is 20.9 Å². The average Bonchev–Trinajstić information content (AvgIpc) is 2.42. The van der Waals surface area contributed by atoms with Crippen molar-refractivity contribution in [3.8, 4) is 0 Å². The lowest BCUT2D eigenvalue weighted by atomic mass is 10.2.